The Morgan fingerprint density at radius 1 is 1.36 bits per heavy atom. The number of hydrogen-bond donors (Lipinski definition) is 1. The second-order valence-electron chi connectivity index (χ2n) is 3.89. The number of rotatable bonds is 1. The summed E-state index contributed by atoms with van der Waals surface area (Å²) in [6.45, 7) is 4.13. The first-order valence-electron chi connectivity index (χ1n) is 4.75. The van der Waals surface area contributed by atoms with Gasteiger partial charge in [-0.25, -0.2) is 0 Å². The number of phenolic OH excluding ortho intramolecular Hbond substituents is 1. The highest BCUT2D eigenvalue weighted by molar-refractivity contribution is 5.86. The van der Waals surface area contributed by atoms with Gasteiger partial charge < -0.3 is 5.11 Å². The van der Waals surface area contributed by atoms with Crippen molar-refractivity contribution >= 4 is 10.9 Å². The van der Waals surface area contributed by atoms with Crippen molar-refractivity contribution in [3.05, 3.63) is 23.9 Å². The largest absolute Gasteiger partial charge is 0.507 e. The summed E-state index contributed by atoms with van der Waals surface area (Å²) < 4.78 is 1.72. The average Bonchev–Trinajstić information content (AvgIpc) is 2.46. The maximum absolute atomic E-state index is 9.98. The number of benzene rings is 1. The molecule has 0 aliphatic heterocycles. The van der Waals surface area contributed by atoms with Crippen molar-refractivity contribution < 1.29 is 5.11 Å². The molecular formula is C11H14N2O. The van der Waals surface area contributed by atoms with Crippen molar-refractivity contribution in [2.45, 2.75) is 19.8 Å². The molecule has 0 radical (unpaired) electrons. The second kappa shape index (κ2) is 3.01. The summed E-state index contributed by atoms with van der Waals surface area (Å²) >= 11 is 0. The monoisotopic (exact) mass is 190 g/mol. The van der Waals surface area contributed by atoms with Crippen LogP contribution in [0.25, 0.3) is 10.9 Å². The fourth-order valence-electron chi connectivity index (χ4n) is 1.68. The molecule has 0 aliphatic rings. The smallest absolute Gasteiger partial charge is 0.130 e. The topological polar surface area (TPSA) is 38.0 Å². The van der Waals surface area contributed by atoms with E-state index in [9.17, 15) is 5.11 Å². The molecule has 3 heteroatoms. The van der Waals surface area contributed by atoms with Crippen LogP contribution in [0.15, 0.2) is 18.3 Å². The molecule has 74 valence electrons. The van der Waals surface area contributed by atoms with Gasteiger partial charge in [-0.15, -0.1) is 0 Å². The zero-order valence-electron chi connectivity index (χ0n) is 8.65. The summed E-state index contributed by atoms with van der Waals surface area (Å²) in [5.74, 6) is 0.699. The third-order valence-corrected chi connectivity index (χ3v) is 2.43. The van der Waals surface area contributed by atoms with Gasteiger partial charge in [-0.3, -0.25) is 4.68 Å². The lowest BCUT2D eigenvalue weighted by atomic mass is 10.0. The van der Waals surface area contributed by atoms with Crippen LogP contribution >= 0.6 is 0 Å². The van der Waals surface area contributed by atoms with Gasteiger partial charge in [0, 0.05) is 13.2 Å². The van der Waals surface area contributed by atoms with Crippen molar-refractivity contribution in [2.24, 2.45) is 7.05 Å². The molecular weight excluding hydrogens is 176 g/mol. The second-order valence-corrected chi connectivity index (χ2v) is 3.89. The summed E-state index contributed by atoms with van der Waals surface area (Å²) in [5.41, 5.74) is 1.82. The molecule has 0 unspecified atom stereocenters. The van der Waals surface area contributed by atoms with Gasteiger partial charge >= 0.3 is 0 Å². The molecule has 0 fully saturated rings. The number of hydrogen-bond acceptors (Lipinski definition) is 2. The SMILES string of the molecule is CC(C)c1ccc2nn(C)cc2c1O. The number of aromatic hydroxyl groups is 1. The van der Waals surface area contributed by atoms with Crippen molar-refractivity contribution in [2.75, 3.05) is 0 Å². The predicted molar refractivity (Wildman–Crippen MR) is 56.5 cm³/mol. The van der Waals surface area contributed by atoms with Gasteiger partial charge in [0.15, 0.2) is 0 Å². The van der Waals surface area contributed by atoms with E-state index in [0.29, 0.717) is 11.7 Å². The Bertz CT molecular complexity index is 471. The summed E-state index contributed by atoms with van der Waals surface area (Å²) in [4.78, 5) is 0. The van der Waals surface area contributed by atoms with Crippen LogP contribution in [0.4, 0.5) is 0 Å². The van der Waals surface area contributed by atoms with Crippen LogP contribution in [0.2, 0.25) is 0 Å². The Morgan fingerprint density at radius 2 is 2.07 bits per heavy atom. The highest BCUT2D eigenvalue weighted by atomic mass is 16.3. The zero-order valence-corrected chi connectivity index (χ0v) is 8.65. The van der Waals surface area contributed by atoms with E-state index < -0.39 is 0 Å². The van der Waals surface area contributed by atoms with E-state index in [0.717, 1.165) is 16.5 Å². The molecule has 1 N–H and O–H groups in total. The number of fused-ring (bicyclic) bond motifs is 1. The Hall–Kier alpha value is -1.51. The predicted octanol–water partition coefficient (Wildman–Crippen LogP) is 2.40. The average molecular weight is 190 g/mol. The van der Waals surface area contributed by atoms with E-state index in [4.69, 9.17) is 0 Å². The number of aromatic nitrogens is 2. The molecule has 1 aromatic heterocycles. The third kappa shape index (κ3) is 1.25. The molecule has 0 aliphatic carbocycles. The van der Waals surface area contributed by atoms with Gasteiger partial charge in [0.1, 0.15) is 5.75 Å². The van der Waals surface area contributed by atoms with E-state index >= 15 is 0 Å². The first-order chi connectivity index (χ1) is 6.59. The van der Waals surface area contributed by atoms with Crippen molar-refractivity contribution in [1.29, 1.82) is 0 Å². The number of aryl methyl sites for hydroxylation is 1. The fraction of sp³-hybridized carbons (Fsp3) is 0.364. The zero-order chi connectivity index (χ0) is 10.3. The molecule has 0 saturated carbocycles. The van der Waals surface area contributed by atoms with Gasteiger partial charge in [0.25, 0.3) is 0 Å². The van der Waals surface area contributed by atoms with Gasteiger partial charge in [0.05, 0.1) is 10.9 Å². The summed E-state index contributed by atoms with van der Waals surface area (Å²) in [6.07, 6.45) is 1.84. The van der Waals surface area contributed by atoms with Crippen LogP contribution in [-0.2, 0) is 7.05 Å². The molecule has 0 saturated heterocycles. The fourth-order valence-corrected chi connectivity index (χ4v) is 1.68. The molecule has 2 rings (SSSR count). The quantitative estimate of drug-likeness (QED) is 0.749. The van der Waals surface area contributed by atoms with E-state index in [1.807, 2.05) is 25.4 Å². The Morgan fingerprint density at radius 3 is 2.71 bits per heavy atom. The molecule has 0 atom stereocenters. The molecule has 0 spiro atoms. The lowest BCUT2D eigenvalue weighted by Crippen LogP contribution is -1.87. The third-order valence-electron chi connectivity index (χ3n) is 2.43. The summed E-state index contributed by atoms with van der Waals surface area (Å²) in [7, 11) is 1.86. The molecule has 0 amide bonds. The first kappa shape index (κ1) is 9.06. The maximum Gasteiger partial charge on any atom is 0.130 e. The minimum Gasteiger partial charge on any atom is -0.507 e. The van der Waals surface area contributed by atoms with Crippen LogP contribution in [0.3, 0.4) is 0 Å². The highest BCUT2D eigenvalue weighted by Crippen LogP contribution is 2.32. The van der Waals surface area contributed by atoms with Crippen molar-refractivity contribution in [3.63, 3.8) is 0 Å². The number of nitrogens with zero attached hydrogens (tertiary/aromatic N) is 2. The highest BCUT2D eigenvalue weighted by Gasteiger charge is 2.11. The molecule has 2 aromatic rings. The molecule has 14 heavy (non-hydrogen) atoms. The van der Waals surface area contributed by atoms with Crippen LogP contribution in [0.1, 0.15) is 25.3 Å². The summed E-state index contributed by atoms with van der Waals surface area (Å²) in [6, 6.07) is 3.89. The molecule has 3 nitrogen and oxygen atoms in total. The Balaban J connectivity index is 2.74. The number of phenols is 1. The van der Waals surface area contributed by atoms with Crippen molar-refractivity contribution in [3.8, 4) is 5.75 Å². The van der Waals surface area contributed by atoms with Crippen LogP contribution < -0.4 is 0 Å². The minimum atomic E-state index is 0.333. The normalized spacial score (nSPS) is 11.4. The van der Waals surface area contributed by atoms with Crippen LogP contribution in [-0.4, -0.2) is 14.9 Å². The molecule has 1 heterocycles. The van der Waals surface area contributed by atoms with Gasteiger partial charge in [0.2, 0.25) is 0 Å². The lowest BCUT2D eigenvalue weighted by molar-refractivity contribution is 0.471. The lowest BCUT2D eigenvalue weighted by Gasteiger charge is -2.07. The maximum atomic E-state index is 9.98. The van der Waals surface area contributed by atoms with Gasteiger partial charge in [-0.1, -0.05) is 19.9 Å². The van der Waals surface area contributed by atoms with E-state index in [1.165, 1.54) is 0 Å². The van der Waals surface area contributed by atoms with E-state index in [2.05, 4.69) is 18.9 Å². The van der Waals surface area contributed by atoms with Crippen LogP contribution in [0, 0.1) is 0 Å². The van der Waals surface area contributed by atoms with Crippen molar-refractivity contribution in [1.82, 2.24) is 9.78 Å². The Kier molecular flexibility index (Phi) is 1.95. The minimum absolute atomic E-state index is 0.333. The van der Waals surface area contributed by atoms with Gasteiger partial charge in [-0.05, 0) is 17.5 Å². The van der Waals surface area contributed by atoms with Crippen LogP contribution in [0.5, 0.6) is 5.75 Å². The summed E-state index contributed by atoms with van der Waals surface area (Å²) in [5, 5.41) is 15.0. The Labute approximate surface area is 83.0 Å². The first-order valence-corrected chi connectivity index (χ1v) is 4.75. The molecule has 1 aromatic carbocycles. The van der Waals surface area contributed by atoms with E-state index in [-0.39, 0.29) is 0 Å². The van der Waals surface area contributed by atoms with E-state index in [1.54, 1.807) is 4.68 Å². The van der Waals surface area contributed by atoms with Gasteiger partial charge in [-0.2, -0.15) is 5.10 Å². The standard InChI is InChI=1S/C11H14N2O/c1-7(2)8-4-5-10-9(11(8)14)6-13(3)12-10/h4-7,14H,1-3H3. The molecule has 0 bridgehead atoms.